The molecule has 9 nitrogen and oxygen atoms in total. The van der Waals surface area contributed by atoms with Gasteiger partial charge in [-0.1, -0.05) is 5.16 Å². The van der Waals surface area contributed by atoms with E-state index in [4.69, 9.17) is 14.4 Å². The summed E-state index contributed by atoms with van der Waals surface area (Å²) in [5.41, 5.74) is 3.47. The molecule has 0 bridgehead atoms. The molecular formula is C24H22N4O5. The Balaban J connectivity index is 1.55. The number of benzene rings is 2. The highest BCUT2D eigenvalue weighted by Crippen LogP contribution is 2.33. The van der Waals surface area contributed by atoms with Crippen molar-refractivity contribution in [2.75, 3.05) is 11.4 Å². The van der Waals surface area contributed by atoms with Crippen molar-refractivity contribution >= 4 is 17.6 Å². The van der Waals surface area contributed by atoms with Gasteiger partial charge in [-0.2, -0.15) is 10.2 Å². The first-order valence-electron chi connectivity index (χ1n) is 10.6. The van der Waals surface area contributed by atoms with E-state index in [1.807, 2.05) is 26.0 Å². The number of fused-ring (bicyclic) bond motifs is 1. The summed E-state index contributed by atoms with van der Waals surface area (Å²) in [6.45, 7) is 4.29. The fourth-order valence-electron chi connectivity index (χ4n) is 3.71. The molecule has 0 radical (unpaired) electrons. The average Bonchev–Trinajstić information content (AvgIpc) is 3.44. The van der Waals surface area contributed by atoms with Gasteiger partial charge in [0, 0.05) is 29.8 Å². The predicted octanol–water partition coefficient (Wildman–Crippen LogP) is 3.82. The maximum Gasteiger partial charge on any atom is 0.303 e. The Labute approximate surface area is 190 Å². The van der Waals surface area contributed by atoms with E-state index in [9.17, 15) is 14.9 Å². The molecule has 3 aromatic rings. The van der Waals surface area contributed by atoms with Gasteiger partial charge in [-0.3, -0.25) is 9.59 Å². The molecule has 2 aromatic carbocycles. The van der Waals surface area contributed by atoms with Crippen LogP contribution in [0.25, 0.3) is 22.8 Å². The van der Waals surface area contributed by atoms with Crippen LogP contribution in [0.2, 0.25) is 0 Å². The Morgan fingerprint density at radius 2 is 2.00 bits per heavy atom. The lowest BCUT2D eigenvalue weighted by atomic mass is 10.1. The van der Waals surface area contributed by atoms with Gasteiger partial charge in [-0.15, -0.1) is 0 Å². The molecule has 1 aromatic heterocycles. The zero-order valence-corrected chi connectivity index (χ0v) is 18.2. The molecule has 0 saturated carbocycles. The van der Waals surface area contributed by atoms with Crippen LogP contribution in [-0.2, 0) is 16.0 Å². The third-order valence-electron chi connectivity index (χ3n) is 5.22. The van der Waals surface area contributed by atoms with Gasteiger partial charge in [-0.05, 0) is 62.2 Å². The fourth-order valence-corrected chi connectivity index (χ4v) is 3.71. The summed E-state index contributed by atoms with van der Waals surface area (Å²) < 4.78 is 11.1. The van der Waals surface area contributed by atoms with Crippen molar-refractivity contribution in [2.24, 2.45) is 0 Å². The number of carbonyl (C=O) groups excluding carboxylic acids is 1. The number of amides is 1. The molecule has 0 saturated heterocycles. The largest absolute Gasteiger partial charge is 0.490 e. The van der Waals surface area contributed by atoms with Crippen molar-refractivity contribution < 1.29 is 24.0 Å². The summed E-state index contributed by atoms with van der Waals surface area (Å²) >= 11 is 0. The molecule has 4 rings (SSSR count). The van der Waals surface area contributed by atoms with Crippen LogP contribution < -0.4 is 9.64 Å². The molecule has 0 fully saturated rings. The Bertz CT molecular complexity index is 1260. The normalized spacial score (nSPS) is 12.5. The van der Waals surface area contributed by atoms with Gasteiger partial charge >= 0.3 is 5.97 Å². The number of carboxylic acids is 1. The standard InChI is InChI=1S/C24H22N4O5/c1-14(2)32-20-6-4-17(12-18(20)13-25)24-26-23(27-33-24)16-3-5-19-15(11-16)9-10-28(19)21(29)7-8-22(30)31/h3-6,11-12,14H,7-10H2,1-2H3,(H,30,31). The molecule has 1 aliphatic heterocycles. The first-order chi connectivity index (χ1) is 15.9. The van der Waals surface area contributed by atoms with Crippen molar-refractivity contribution in [2.45, 2.75) is 39.2 Å². The lowest BCUT2D eigenvalue weighted by Gasteiger charge is -2.16. The predicted molar refractivity (Wildman–Crippen MR) is 119 cm³/mol. The number of hydrogen-bond donors (Lipinski definition) is 1. The van der Waals surface area contributed by atoms with Crippen LogP contribution in [0.4, 0.5) is 5.69 Å². The number of nitrogens with zero attached hydrogens (tertiary/aromatic N) is 4. The van der Waals surface area contributed by atoms with Gasteiger partial charge < -0.3 is 19.3 Å². The second kappa shape index (κ2) is 9.12. The van der Waals surface area contributed by atoms with E-state index >= 15 is 0 Å². The van der Waals surface area contributed by atoms with E-state index in [0.717, 1.165) is 16.8 Å². The van der Waals surface area contributed by atoms with E-state index in [2.05, 4.69) is 16.2 Å². The van der Waals surface area contributed by atoms with Gasteiger partial charge in [0.15, 0.2) is 0 Å². The van der Waals surface area contributed by atoms with Gasteiger partial charge in [-0.25, -0.2) is 0 Å². The minimum atomic E-state index is -0.991. The number of rotatable bonds is 7. The van der Waals surface area contributed by atoms with Crippen LogP contribution in [0.15, 0.2) is 40.9 Å². The lowest BCUT2D eigenvalue weighted by Crippen LogP contribution is -2.29. The highest BCUT2D eigenvalue weighted by Gasteiger charge is 2.25. The number of hydrogen-bond acceptors (Lipinski definition) is 7. The second-order valence-corrected chi connectivity index (χ2v) is 7.95. The molecule has 1 N–H and O–H groups in total. The van der Waals surface area contributed by atoms with Gasteiger partial charge in [0.05, 0.1) is 18.1 Å². The van der Waals surface area contributed by atoms with E-state index in [-0.39, 0.29) is 30.7 Å². The molecule has 0 spiro atoms. The minimum Gasteiger partial charge on any atom is -0.490 e. The highest BCUT2D eigenvalue weighted by molar-refractivity contribution is 5.97. The molecule has 2 heterocycles. The summed E-state index contributed by atoms with van der Waals surface area (Å²) in [6, 6.07) is 12.8. The Morgan fingerprint density at radius 3 is 2.73 bits per heavy atom. The zero-order chi connectivity index (χ0) is 23.5. The Morgan fingerprint density at radius 1 is 1.21 bits per heavy atom. The van der Waals surface area contributed by atoms with Crippen LogP contribution in [0.5, 0.6) is 5.75 Å². The Hall–Kier alpha value is -4.19. The van der Waals surface area contributed by atoms with Crippen LogP contribution in [0, 0.1) is 11.3 Å². The van der Waals surface area contributed by atoms with Crippen molar-refractivity contribution in [3.8, 4) is 34.7 Å². The van der Waals surface area contributed by atoms with Crippen molar-refractivity contribution in [3.05, 3.63) is 47.5 Å². The van der Waals surface area contributed by atoms with E-state index < -0.39 is 5.97 Å². The molecule has 0 aliphatic carbocycles. The molecule has 168 valence electrons. The summed E-state index contributed by atoms with van der Waals surface area (Å²) in [5, 5.41) is 22.3. The molecule has 33 heavy (non-hydrogen) atoms. The zero-order valence-electron chi connectivity index (χ0n) is 18.2. The van der Waals surface area contributed by atoms with Crippen LogP contribution >= 0.6 is 0 Å². The monoisotopic (exact) mass is 446 g/mol. The molecule has 9 heteroatoms. The van der Waals surface area contributed by atoms with Gasteiger partial charge in [0.2, 0.25) is 11.7 Å². The Kier molecular flexibility index (Phi) is 6.09. The highest BCUT2D eigenvalue weighted by atomic mass is 16.5. The summed E-state index contributed by atoms with van der Waals surface area (Å²) in [6.07, 6.45) is 0.388. The number of carboxylic acid groups (broad SMARTS) is 1. The van der Waals surface area contributed by atoms with Gasteiger partial charge in [0.25, 0.3) is 5.89 Å². The topological polar surface area (TPSA) is 130 Å². The van der Waals surface area contributed by atoms with E-state index in [1.165, 1.54) is 0 Å². The molecule has 0 unspecified atom stereocenters. The maximum atomic E-state index is 12.4. The molecule has 1 aliphatic rings. The average molecular weight is 446 g/mol. The maximum absolute atomic E-state index is 12.4. The summed E-state index contributed by atoms with van der Waals surface area (Å²) in [5.74, 6) is -0.0240. The van der Waals surface area contributed by atoms with Crippen LogP contribution in [-0.4, -0.2) is 39.8 Å². The van der Waals surface area contributed by atoms with E-state index in [1.54, 1.807) is 29.2 Å². The van der Waals surface area contributed by atoms with Crippen LogP contribution in [0.1, 0.15) is 37.8 Å². The third-order valence-corrected chi connectivity index (χ3v) is 5.22. The minimum absolute atomic E-state index is 0.0313. The van der Waals surface area contributed by atoms with Crippen molar-refractivity contribution in [3.63, 3.8) is 0 Å². The number of nitriles is 1. The fraction of sp³-hybridized carbons (Fsp3) is 0.292. The molecular weight excluding hydrogens is 424 g/mol. The quantitative estimate of drug-likeness (QED) is 0.580. The number of ether oxygens (including phenoxy) is 1. The first-order valence-corrected chi connectivity index (χ1v) is 10.6. The smallest absolute Gasteiger partial charge is 0.303 e. The van der Waals surface area contributed by atoms with Crippen molar-refractivity contribution in [1.82, 2.24) is 10.1 Å². The SMILES string of the molecule is CC(C)Oc1ccc(-c2nc(-c3ccc4c(c3)CCN4C(=O)CCC(=O)O)no2)cc1C#N. The molecule has 0 atom stereocenters. The summed E-state index contributed by atoms with van der Waals surface area (Å²) in [4.78, 5) is 29.2. The second-order valence-electron chi connectivity index (χ2n) is 7.95. The number of aliphatic carboxylic acids is 1. The number of carbonyl (C=O) groups is 2. The molecule has 1 amide bonds. The number of aromatic nitrogens is 2. The van der Waals surface area contributed by atoms with Crippen molar-refractivity contribution in [1.29, 1.82) is 5.26 Å². The summed E-state index contributed by atoms with van der Waals surface area (Å²) in [7, 11) is 0. The van der Waals surface area contributed by atoms with Crippen LogP contribution in [0.3, 0.4) is 0 Å². The van der Waals surface area contributed by atoms with Gasteiger partial charge in [0.1, 0.15) is 11.8 Å². The lowest BCUT2D eigenvalue weighted by molar-refractivity contribution is -0.138. The number of anilines is 1. The third kappa shape index (κ3) is 4.70. The first kappa shape index (κ1) is 22.0. The van der Waals surface area contributed by atoms with E-state index in [0.29, 0.717) is 35.7 Å².